The predicted molar refractivity (Wildman–Crippen MR) is 129 cm³/mol. The molecular formula is C21H24ClN5O4S. The van der Waals surface area contributed by atoms with Gasteiger partial charge in [-0.1, -0.05) is 24.4 Å². The highest BCUT2D eigenvalue weighted by Gasteiger charge is 2.17. The number of rotatable bonds is 6. The number of ether oxygens (including phenoxy) is 1. The predicted octanol–water partition coefficient (Wildman–Crippen LogP) is 3.45. The number of hydrogen-bond donors (Lipinski definition) is 4. The van der Waals surface area contributed by atoms with Crippen LogP contribution in [0.1, 0.15) is 6.92 Å². The Bertz CT molecular complexity index is 983. The van der Waals surface area contributed by atoms with E-state index in [-0.39, 0.29) is 23.4 Å². The number of benzene rings is 2. The highest BCUT2D eigenvalue weighted by Crippen LogP contribution is 2.29. The molecule has 4 amide bonds. The standard InChI is InChI=1S/C21H24ClN5O4S/c1-14(28)23-15-2-4-16(5-3-15)24-21(30)27(32)17-6-7-19(18(22)12-17)25-20(29)13-26-8-10-31-11-9-26/h2-7,12,32H,8-11,13H2,1H3,(H,23,28)(H,24,30)(H,25,29). The van der Waals surface area contributed by atoms with Crippen molar-refractivity contribution in [1.29, 1.82) is 0 Å². The maximum Gasteiger partial charge on any atom is 0.336 e. The molecule has 0 aliphatic carbocycles. The number of urea groups is 1. The fourth-order valence-electron chi connectivity index (χ4n) is 3.02. The number of halogens is 1. The zero-order valence-corrected chi connectivity index (χ0v) is 19.1. The lowest BCUT2D eigenvalue weighted by Crippen LogP contribution is -2.41. The first-order valence-corrected chi connectivity index (χ1v) is 10.7. The first-order chi connectivity index (χ1) is 15.3. The summed E-state index contributed by atoms with van der Waals surface area (Å²) in [4.78, 5) is 37.9. The highest BCUT2D eigenvalue weighted by molar-refractivity contribution is 7.82. The monoisotopic (exact) mass is 477 g/mol. The Morgan fingerprint density at radius 2 is 1.66 bits per heavy atom. The molecule has 32 heavy (non-hydrogen) atoms. The summed E-state index contributed by atoms with van der Waals surface area (Å²) in [5.41, 5.74) is 2.03. The van der Waals surface area contributed by atoms with Gasteiger partial charge in [0.2, 0.25) is 11.8 Å². The van der Waals surface area contributed by atoms with Crippen LogP contribution < -0.4 is 20.3 Å². The Morgan fingerprint density at radius 3 is 2.25 bits per heavy atom. The van der Waals surface area contributed by atoms with Crippen molar-refractivity contribution < 1.29 is 19.1 Å². The van der Waals surface area contributed by atoms with Crippen LogP contribution in [0.15, 0.2) is 42.5 Å². The van der Waals surface area contributed by atoms with Gasteiger partial charge in [-0.15, -0.1) is 0 Å². The molecule has 0 unspecified atom stereocenters. The third kappa shape index (κ3) is 6.86. The van der Waals surface area contributed by atoms with E-state index in [9.17, 15) is 14.4 Å². The van der Waals surface area contributed by atoms with E-state index in [0.717, 1.165) is 4.31 Å². The number of carbonyl (C=O) groups excluding carboxylic acids is 3. The fraction of sp³-hybridized carbons (Fsp3) is 0.286. The number of amides is 4. The molecule has 1 saturated heterocycles. The van der Waals surface area contributed by atoms with E-state index < -0.39 is 6.03 Å². The van der Waals surface area contributed by atoms with Gasteiger partial charge < -0.3 is 20.7 Å². The normalized spacial score (nSPS) is 13.8. The molecule has 1 heterocycles. The summed E-state index contributed by atoms with van der Waals surface area (Å²) in [6.45, 7) is 4.31. The van der Waals surface area contributed by atoms with Gasteiger partial charge in [-0.3, -0.25) is 14.5 Å². The molecule has 0 atom stereocenters. The lowest BCUT2D eigenvalue weighted by molar-refractivity contribution is -0.118. The lowest BCUT2D eigenvalue weighted by atomic mass is 10.2. The van der Waals surface area contributed by atoms with E-state index in [4.69, 9.17) is 16.3 Å². The Balaban J connectivity index is 1.57. The van der Waals surface area contributed by atoms with Gasteiger partial charge in [0.15, 0.2) is 0 Å². The number of hydrogen-bond acceptors (Lipinski definition) is 6. The SMILES string of the molecule is CC(=O)Nc1ccc(NC(=O)N(S)c2ccc(NC(=O)CN3CCOCC3)c(Cl)c2)cc1. The molecule has 0 bridgehead atoms. The van der Waals surface area contributed by atoms with E-state index in [1.54, 1.807) is 42.5 Å². The van der Waals surface area contributed by atoms with E-state index in [1.165, 1.54) is 6.92 Å². The van der Waals surface area contributed by atoms with Crippen LogP contribution in [-0.4, -0.2) is 55.6 Å². The Morgan fingerprint density at radius 1 is 1.03 bits per heavy atom. The number of nitrogens with one attached hydrogen (secondary N) is 3. The lowest BCUT2D eigenvalue weighted by Gasteiger charge is -2.25. The molecule has 2 aromatic rings. The number of carbonyl (C=O) groups is 3. The summed E-state index contributed by atoms with van der Waals surface area (Å²) < 4.78 is 6.38. The van der Waals surface area contributed by atoms with Gasteiger partial charge >= 0.3 is 6.03 Å². The van der Waals surface area contributed by atoms with Gasteiger partial charge in [-0.2, -0.15) is 0 Å². The topological polar surface area (TPSA) is 103 Å². The number of anilines is 4. The van der Waals surface area contributed by atoms with Crippen molar-refractivity contribution in [1.82, 2.24) is 4.90 Å². The minimum absolute atomic E-state index is 0.176. The Hall–Kier alpha value is -2.79. The summed E-state index contributed by atoms with van der Waals surface area (Å²) in [5.74, 6) is -0.356. The second-order valence-corrected chi connectivity index (χ2v) is 7.91. The average molecular weight is 478 g/mol. The summed E-state index contributed by atoms with van der Waals surface area (Å²) in [7, 11) is 0. The van der Waals surface area contributed by atoms with Crippen LogP contribution in [0, 0.1) is 0 Å². The third-order valence-electron chi connectivity index (χ3n) is 4.59. The van der Waals surface area contributed by atoms with Gasteiger partial charge in [0.1, 0.15) is 0 Å². The Kier molecular flexibility index (Phi) is 8.34. The Labute approximate surface area is 196 Å². The maximum atomic E-state index is 12.5. The van der Waals surface area contributed by atoms with Crippen molar-refractivity contribution in [3.05, 3.63) is 47.5 Å². The average Bonchev–Trinajstić information content (AvgIpc) is 2.76. The van der Waals surface area contributed by atoms with Crippen LogP contribution >= 0.6 is 24.4 Å². The van der Waals surface area contributed by atoms with Crippen LogP contribution in [0.4, 0.5) is 27.5 Å². The van der Waals surface area contributed by atoms with Gasteiger partial charge in [0.25, 0.3) is 0 Å². The van der Waals surface area contributed by atoms with Crippen molar-refractivity contribution in [2.75, 3.05) is 53.1 Å². The maximum absolute atomic E-state index is 12.5. The molecule has 170 valence electrons. The number of morpholine rings is 1. The minimum atomic E-state index is -0.499. The van der Waals surface area contributed by atoms with Gasteiger partial charge in [-0.25, -0.2) is 9.10 Å². The van der Waals surface area contributed by atoms with Crippen LogP contribution in [-0.2, 0) is 14.3 Å². The first-order valence-electron chi connectivity index (χ1n) is 9.89. The zero-order valence-electron chi connectivity index (χ0n) is 17.4. The molecule has 1 aliphatic heterocycles. The molecule has 0 spiro atoms. The molecule has 11 heteroatoms. The quantitative estimate of drug-likeness (QED) is 0.477. The molecule has 0 saturated carbocycles. The molecule has 0 aromatic heterocycles. The molecule has 1 aliphatic rings. The zero-order chi connectivity index (χ0) is 23.1. The van der Waals surface area contributed by atoms with E-state index in [2.05, 4.69) is 28.8 Å². The van der Waals surface area contributed by atoms with E-state index in [1.807, 2.05) is 4.90 Å². The largest absolute Gasteiger partial charge is 0.379 e. The fourth-order valence-corrected chi connectivity index (χ4v) is 3.42. The van der Waals surface area contributed by atoms with Crippen LogP contribution in [0.25, 0.3) is 0 Å². The molecule has 3 N–H and O–H groups in total. The number of nitrogens with zero attached hydrogens (tertiary/aromatic N) is 2. The third-order valence-corrected chi connectivity index (χ3v) is 5.32. The van der Waals surface area contributed by atoms with Crippen LogP contribution in [0.2, 0.25) is 5.02 Å². The summed E-state index contributed by atoms with van der Waals surface area (Å²) in [6.07, 6.45) is 0. The summed E-state index contributed by atoms with van der Waals surface area (Å²) >= 11 is 10.6. The van der Waals surface area contributed by atoms with E-state index >= 15 is 0 Å². The smallest absolute Gasteiger partial charge is 0.336 e. The molecule has 3 rings (SSSR count). The summed E-state index contributed by atoms with van der Waals surface area (Å²) in [5, 5.41) is 8.42. The van der Waals surface area contributed by atoms with Gasteiger partial charge in [0, 0.05) is 31.4 Å². The molecule has 0 radical (unpaired) electrons. The van der Waals surface area contributed by atoms with Crippen molar-refractivity contribution >= 4 is 65.0 Å². The second-order valence-electron chi connectivity index (χ2n) is 7.10. The summed E-state index contributed by atoms with van der Waals surface area (Å²) in [6, 6.07) is 10.9. The molecule has 2 aromatic carbocycles. The van der Waals surface area contributed by atoms with Crippen molar-refractivity contribution in [3.63, 3.8) is 0 Å². The molecule has 9 nitrogen and oxygen atoms in total. The highest BCUT2D eigenvalue weighted by atomic mass is 35.5. The van der Waals surface area contributed by atoms with Crippen molar-refractivity contribution in [3.8, 4) is 0 Å². The molecule has 1 fully saturated rings. The minimum Gasteiger partial charge on any atom is -0.379 e. The van der Waals surface area contributed by atoms with Gasteiger partial charge in [-0.05, 0) is 42.5 Å². The van der Waals surface area contributed by atoms with E-state index in [0.29, 0.717) is 49.1 Å². The van der Waals surface area contributed by atoms with Gasteiger partial charge in [0.05, 0.1) is 36.2 Å². The van der Waals surface area contributed by atoms with Crippen LogP contribution in [0.3, 0.4) is 0 Å². The first kappa shape index (κ1) is 23.9. The second kappa shape index (κ2) is 11.2. The molecular weight excluding hydrogens is 454 g/mol. The van der Waals surface area contributed by atoms with Crippen molar-refractivity contribution in [2.45, 2.75) is 6.92 Å². The van der Waals surface area contributed by atoms with Crippen molar-refractivity contribution in [2.24, 2.45) is 0 Å². The number of thiol groups is 1. The van der Waals surface area contributed by atoms with Crippen LogP contribution in [0.5, 0.6) is 0 Å².